The molecular formula is C16H16N4O2. The molecule has 0 atom stereocenters. The molecule has 0 aliphatic heterocycles. The third kappa shape index (κ3) is 2.56. The minimum atomic E-state index is -0.243. The summed E-state index contributed by atoms with van der Waals surface area (Å²) < 4.78 is 1.69. The monoisotopic (exact) mass is 296 g/mol. The average Bonchev–Trinajstić information content (AvgIpc) is 2.81. The van der Waals surface area contributed by atoms with Crippen LogP contribution in [0.15, 0.2) is 36.5 Å². The van der Waals surface area contributed by atoms with Crippen molar-refractivity contribution in [1.82, 2.24) is 14.8 Å². The van der Waals surface area contributed by atoms with Gasteiger partial charge < -0.3 is 10.4 Å². The van der Waals surface area contributed by atoms with Crippen molar-refractivity contribution in [2.45, 2.75) is 13.5 Å². The first kappa shape index (κ1) is 14.2. The van der Waals surface area contributed by atoms with Gasteiger partial charge in [-0.25, -0.2) is 4.98 Å². The van der Waals surface area contributed by atoms with E-state index in [0.717, 1.165) is 22.3 Å². The molecule has 2 N–H and O–H groups in total. The maximum atomic E-state index is 12.3. The molecule has 0 saturated carbocycles. The summed E-state index contributed by atoms with van der Waals surface area (Å²) in [4.78, 5) is 16.6. The van der Waals surface area contributed by atoms with Crippen LogP contribution in [0.5, 0.6) is 0 Å². The molecule has 0 fully saturated rings. The number of anilines is 1. The molecule has 2 aromatic heterocycles. The van der Waals surface area contributed by atoms with Crippen LogP contribution in [0.3, 0.4) is 0 Å². The fourth-order valence-corrected chi connectivity index (χ4v) is 2.38. The standard InChI is InChI=1S/C16H16N4O2/c1-10-14-7-12(8-17-15(14)20(2)19-10)16(22)18-13-5-3-4-11(6-13)9-21/h3-8,21H,9H2,1-2H3,(H,18,22). The normalized spacial score (nSPS) is 10.9. The topological polar surface area (TPSA) is 80.0 Å². The fraction of sp³-hybridized carbons (Fsp3) is 0.188. The number of nitrogens with one attached hydrogen (secondary N) is 1. The second kappa shape index (κ2) is 5.57. The predicted octanol–water partition coefficient (Wildman–Crippen LogP) is 2.02. The van der Waals surface area contributed by atoms with Gasteiger partial charge in [0, 0.05) is 24.3 Å². The van der Waals surface area contributed by atoms with E-state index in [-0.39, 0.29) is 12.5 Å². The van der Waals surface area contributed by atoms with Gasteiger partial charge in [0.25, 0.3) is 5.91 Å². The van der Waals surface area contributed by atoms with Gasteiger partial charge in [0.1, 0.15) is 0 Å². The number of aliphatic hydroxyl groups excluding tert-OH is 1. The van der Waals surface area contributed by atoms with Gasteiger partial charge in [0.15, 0.2) is 5.65 Å². The number of rotatable bonds is 3. The molecule has 3 rings (SSSR count). The Balaban J connectivity index is 1.90. The van der Waals surface area contributed by atoms with Gasteiger partial charge >= 0.3 is 0 Å². The Labute approximate surface area is 127 Å². The summed E-state index contributed by atoms with van der Waals surface area (Å²) in [6.45, 7) is 1.82. The minimum Gasteiger partial charge on any atom is -0.392 e. The highest BCUT2D eigenvalue weighted by Gasteiger charge is 2.12. The predicted molar refractivity (Wildman–Crippen MR) is 83.6 cm³/mol. The van der Waals surface area contributed by atoms with Crippen LogP contribution < -0.4 is 5.32 Å². The number of hydrogen-bond donors (Lipinski definition) is 2. The van der Waals surface area contributed by atoms with Crippen molar-refractivity contribution < 1.29 is 9.90 Å². The number of aliphatic hydroxyl groups is 1. The van der Waals surface area contributed by atoms with Crippen LogP contribution in [0.25, 0.3) is 11.0 Å². The molecule has 0 unspecified atom stereocenters. The Hall–Kier alpha value is -2.73. The van der Waals surface area contributed by atoms with Gasteiger partial charge in [-0.3, -0.25) is 9.48 Å². The molecule has 1 amide bonds. The van der Waals surface area contributed by atoms with Crippen LogP contribution in [-0.4, -0.2) is 25.8 Å². The van der Waals surface area contributed by atoms with Crippen molar-refractivity contribution in [3.8, 4) is 0 Å². The van der Waals surface area contributed by atoms with E-state index in [4.69, 9.17) is 5.11 Å². The largest absolute Gasteiger partial charge is 0.392 e. The van der Waals surface area contributed by atoms with Crippen LogP contribution in [0.4, 0.5) is 5.69 Å². The van der Waals surface area contributed by atoms with E-state index in [2.05, 4.69) is 15.4 Å². The lowest BCUT2D eigenvalue weighted by Gasteiger charge is -2.06. The lowest BCUT2D eigenvalue weighted by molar-refractivity contribution is 0.102. The summed E-state index contributed by atoms with van der Waals surface area (Å²) in [5, 5.41) is 17.1. The zero-order chi connectivity index (χ0) is 15.7. The molecule has 3 aromatic rings. The maximum Gasteiger partial charge on any atom is 0.257 e. The summed E-state index contributed by atoms with van der Waals surface area (Å²) >= 11 is 0. The number of benzene rings is 1. The van der Waals surface area contributed by atoms with E-state index in [9.17, 15) is 4.79 Å². The summed E-state index contributed by atoms with van der Waals surface area (Å²) in [5.41, 5.74) is 3.44. The van der Waals surface area contributed by atoms with Crippen LogP contribution >= 0.6 is 0 Å². The van der Waals surface area contributed by atoms with Crippen molar-refractivity contribution in [3.05, 3.63) is 53.3 Å². The summed E-state index contributed by atoms with van der Waals surface area (Å²) in [5.74, 6) is -0.243. The Morgan fingerprint density at radius 3 is 2.95 bits per heavy atom. The summed E-state index contributed by atoms with van der Waals surface area (Å²) in [7, 11) is 1.82. The molecule has 0 radical (unpaired) electrons. The van der Waals surface area contributed by atoms with Crippen molar-refractivity contribution in [2.75, 3.05) is 5.32 Å². The zero-order valence-corrected chi connectivity index (χ0v) is 12.4. The van der Waals surface area contributed by atoms with Crippen molar-refractivity contribution in [1.29, 1.82) is 0 Å². The van der Waals surface area contributed by atoms with Crippen molar-refractivity contribution in [2.24, 2.45) is 7.05 Å². The highest BCUT2D eigenvalue weighted by atomic mass is 16.3. The Kier molecular flexibility index (Phi) is 3.60. The first-order valence-corrected chi connectivity index (χ1v) is 6.89. The number of fused-ring (bicyclic) bond motifs is 1. The molecule has 0 aliphatic rings. The van der Waals surface area contributed by atoms with E-state index in [1.165, 1.54) is 6.20 Å². The van der Waals surface area contributed by atoms with E-state index in [0.29, 0.717) is 11.3 Å². The zero-order valence-electron chi connectivity index (χ0n) is 12.4. The first-order valence-electron chi connectivity index (χ1n) is 6.89. The van der Waals surface area contributed by atoms with Gasteiger partial charge in [-0.05, 0) is 30.7 Å². The summed E-state index contributed by atoms with van der Waals surface area (Å²) in [6.07, 6.45) is 1.54. The number of hydrogen-bond acceptors (Lipinski definition) is 4. The van der Waals surface area contributed by atoms with Crippen LogP contribution in [0.2, 0.25) is 0 Å². The van der Waals surface area contributed by atoms with Gasteiger partial charge in [0.05, 0.1) is 17.9 Å². The van der Waals surface area contributed by atoms with E-state index in [1.54, 1.807) is 35.0 Å². The Morgan fingerprint density at radius 2 is 2.18 bits per heavy atom. The van der Waals surface area contributed by atoms with Gasteiger partial charge in [-0.15, -0.1) is 0 Å². The molecule has 0 bridgehead atoms. The van der Waals surface area contributed by atoms with Gasteiger partial charge in [0.2, 0.25) is 0 Å². The van der Waals surface area contributed by atoms with Gasteiger partial charge in [-0.1, -0.05) is 12.1 Å². The highest BCUT2D eigenvalue weighted by molar-refractivity contribution is 6.05. The number of pyridine rings is 1. The van der Waals surface area contributed by atoms with Crippen LogP contribution in [0.1, 0.15) is 21.6 Å². The number of amides is 1. The minimum absolute atomic E-state index is 0.0634. The van der Waals surface area contributed by atoms with E-state index in [1.807, 2.05) is 14.0 Å². The van der Waals surface area contributed by atoms with E-state index < -0.39 is 0 Å². The molecule has 0 spiro atoms. The van der Waals surface area contributed by atoms with Gasteiger partial charge in [-0.2, -0.15) is 5.10 Å². The second-order valence-corrected chi connectivity index (χ2v) is 5.12. The molecule has 0 aliphatic carbocycles. The maximum absolute atomic E-state index is 12.3. The third-order valence-corrected chi connectivity index (χ3v) is 3.49. The van der Waals surface area contributed by atoms with Crippen LogP contribution in [0, 0.1) is 6.92 Å². The number of carbonyl (C=O) groups excluding carboxylic acids is 1. The average molecular weight is 296 g/mol. The molecule has 0 saturated heterocycles. The summed E-state index contributed by atoms with van der Waals surface area (Å²) in [6, 6.07) is 8.88. The molecule has 1 aromatic carbocycles. The molecule has 6 nitrogen and oxygen atoms in total. The smallest absolute Gasteiger partial charge is 0.257 e. The highest BCUT2D eigenvalue weighted by Crippen LogP contribution is 2.18. The SMILES string of the molecule is Cc1nn(C)c2ncc(C(=O)Nc3cccc(CO)c3)cc12. The molecular weight excluding hydrogens is 280 g/mol. The number of nitrogens with zero attached hydrogens (tertiary/aromatic N) is 3. The quantitative estimate of drug-likeness (QED) is 0.775. The van der Waals surface area contributed by atoms with E-state index >= 15 is 0 Å². The lowest BCUT2D eigenvalue weighted by Crippen LogP contribution is -2.12. The second-order valence-electron chi connectivity index (χ2n) is 5.12. The molecule has 2 heterocycles. The number of carbonyl (C=O) groups is 1. The first-order chi connectivity index (χ1) is 10.6. The molecule has 112 valence electrons. The van der Waals surface area contributed by atoms with Crippen LogP contribution in [-0.2, 0) is 13.7 Å². The third-order valence-electron chi connectivity index (χ3n) is 3.49. The van der Waals surface area contributed by atoms with Crippen molar-refractivity contribution >= 4 is 22.6 Å². The lowest BCUT2D eigenvalue weighted by atomic mass is 10.1. The fourth-order valence-electron chi connectivity index (χ4n) is 2.38. The Morgan fingerprint density at radius 1 is 1.36 bits per heavy atom. The number of aryl methyl sites for hydroxylation is 2. The molecule has 22 heavy (non-hydrogen) atoms. The van der Waals surface area contributed by atoms with Crippen molar-refractivity contribution in [3.63, 3.8) is 0 Å². The molecule has 6 heteroatoms. The Bertz CT molecular complexity index is 854. The number of aromatic nitrogens is 3.